The Labute approximate surface area is 160 Å². The molecular formula is C24H23NO2. The van der Waals surface area contributed by atoms with Gasteiger partial charge in [-0.15, -0.1) is 0 Å². The van der Waals surface area contributed by atoms with Crippen molar-refractivity contribution in [2.75, 3.05) is 0 Å². The van der Waals surface area contributed by atoms with Crippen LogP contribution in [0.4, 0.5) is 4.79 Å². The van der Waals surface area contributed by atoms with Gasteiger partial charge < -0.3 is 4.74 Å². The number of benzene rings is 3. The minimum absolute atomic E-state index is 0.491. The average Bonchev–Trinajstić information content (AvgIpc) is 2.69. The summed E-state index contributed by atoms with van der Waals surface area (Å²) in [6.45, 7) is 3.80. The van der Waals surface area contributed by atoms with Gasteiger partial charge in [-0.2, -0.15) is 0 Å². The quantitative estimate of drug-likeness (QED) is 0.609. The molecule has 0 spiro atoms. The van der Waals surface area contributed by atoms with Gasteiger partial charge in [-0.25, -0.2) is 4.79 Å². The van der Waals surface area contributed by atoms with E-state index in [9.17, 15) is 4.79 Å². The van der Waals surface area contributed by atoms with E-state index in [4.69, 9.17) is 4.74 Å². The van der Waals surface area contributed by atoms with Crippen LogP contribution >= 0.6 is 0 Å². The predicted octanol–water partition coefficient (Wildman–Crippen LogP) is 5.99. The molecule has 0 saturated heterocycles. The van der Waals surface area contributed by atoms with Crippen LogP contribution in [0.25, 0.3) is 17.2 Å². The first kappa shape index (κ1) is 18.5. The van der Waals surface area contributed by atoms with Gasteiger partial charge in [0.15, 0.2) is 0 Å². The maximum absolute atomic E-state index is 12.3. The highest BCUT2D eigenvalue weighted by molar-refractivity contribution is 5.72. The standard InChI is InChI=1S/C24H23NO2/c1-24(2,27-23(26)25-18-17-19-11-5-3-6-12-19)22-16-10-9-15-21(22)20-13-7-4-8-14-20/h3-18H,1-2H3,(H,25,26). The molecule has 0 saturated carbocycles. The molecule has 0 heterocycles. The Morgan fingerprint density at radius 2 is 1.44 bits per heavy atom. The van der Waals surface area contributed by atoms with Gasteiger partial charge >= 0.3 is 6.09 Å². The SMILES string of the molecule is CC(C)(OC(=O)NC=Cc1ccccc1)c1ccccc1-c1ccccc1. The van der Waals surface area contributed by atoms with E-state index < -0.39 is 11.7 Å². The van der Waals surface area contributed by atoms with Crippen molar-refractivity contribution in [1.82, 2.24) is 5.32 Å². The van der Waals surface area contributed by atoms with Crippen LogP contribution in [0.15, 0.2) is 91.1 Å². The first-order chi connectivity index (χ1) is 13.1. The molecule has 1 amide bonds. The normalized spacial score (nSPS) is 11.3. The maximum Gasteiger partial charge on any atom is 0.412 e. The fraction of sp³-hybridized carbons (Fsp3) is 0.125. The van der Waals surface area contributed by atoms with Crippen molar-refractivity contribution in [3.05, 3.63) is 102 Å². The summed E-state index contributed by atoms with van der Waals surface area (Å²) in [4.78, 5) is 12.3. The molecule has 3 aromatic rings. The van der Waals surface area contributed by atoms with Gasteiger partial charge in [-0.3, -0.25) is 5.32 Å². The lowest BCUT2D eigenvalue weighted by atomic mass is 9.89. The van der Waals surface area contributed by atoms with E-state index in [1.807, 2.05) is 92.7 Å². The van der Waals surface area contributed by atoms with Crippen LogP contribution in [0.5, 0.6) is 0 Å². The van der Waals surface area contributed by atoms with Crippen LogP contribution in [0.1, 0.15) is 25.0 Å². The lowest BCUT2D eigenvalue weighted by molar-refractivity contribution is 0.0392. The number of hydrogen-bond donors (Lipinski definition) is 1. The summed E-state index contributed by atoms with van der Waals surface area (Å²) in [5, 5.41) is 2.67. The molecule has 1 N–H and O–H groups in total. The highest BCUT2D eigenvalue weighted by Crippen LogP contribution is 2.34. The summed E-state index contributed by atoms with van der Waals surface area (Å²) in [5.74, 6) is 0. The smallest absolute Gasteiger partial charge is 0.412 e. The van der Waals surface area contributed by atoms with Gasteiger partial charge in [0.2, 0.25) is 0 Å². The van der Waals surface area contributed by atoms with Crippen molar-refractivity contribution < 1.29 is 9.53 Å². The fourth-order valence-corrected chi connectivity index (χ4v) is 2.96. The van der Waals surface area contributed by atoms with E-state index >= 15 is 0 Å². The van der Waals surface area contributed by atoms with Crippen LogP contribution in [-0.4, -0.2) is 6.09 Å². The second-order valence-corrected chi connectivity index (χ2v) is 6.70. The summed E-state index contributed by atoms with van der Waals surface area (Å²) < 4.78 is 5.72. The molecule has 3 heteroatoms. The largest absolute Gasteiger partial charge is 0.438 e. The topological polar surface area (TPSA) is 38.3 Å². The van der Waals surface area contributed by atoms with Gasteiger partial charge in [0.05, 0.1) is 0 Å². The van der Waals surface area contributed by atoms with E-state index in [1.165, 1.54) is 0 Å². The highest BCUT2D eigenvalue weighted by Gasteiger charge is 2.28. The van der Waals surface area contributed by atoms with E-state index in [-0.39, 0.29) is 0 Å². The zero-order valence-corrected chi connectivity index (χ0v) is 15.6. The lowest BCUT2D eigenvalue weighted by Gasteiger charge is -2.27. The Kier molecular flexibility index (Phi) is 5.72. The molecule has 0 unspecified atom stereocenters. The number of hydrogen-bond acceptors (Lipinski definition) is 2. The van der Waals surface area contributed by atoms with Gasteiger partial charge in [-0.1, -0.05) is 84.9 Å². The van der Waals surface area contributed by atoms with E-state index in [2.05, 4.69) is 17.4 Å². The molecule has 0 radical (unpaired) electrons. The molecule has 27 heavy (non-hydrogen) atoms. The molecule has 136 valence electrons. The fourth-order valence-electron chi connectivity index (χ4n) is 2.96. The monoisotopic (exact) mass is 357 g/mol. The molecule has 3 aromatic carbocycles. The summed E-state index contributed by atoms with van der Waals surface area (Å²) >= 11 is 0. The number of ether oxygens (including phenoxy) is 1. The second kappa shape index (κ2) is 8.37. The van der Waals surface area contributed by atoms with Crippen molar-refractivity contribution in [3.8, 4) is 11.1 Å². The number of carbonyl (C=O) groups is 1. The Hall–Kier alpha value is -3.33. The van der Waals surface area contributed by atoms with Crippen molar-refractivity contribution in [3.63, 3.8) is 0 Å². The van der Waals surface area contributed by atoms with Gasteiger partial charge in [-0.05, 0) is 36.6 Å². The Morgan fingerprint density at radius 1 is 0.852 bits per heavy atom. The third-order valence-corrected chi connectivity index (χ3v) is 4.28. The van der Waals surface area contributed by atoms with E-state index in [1.54, 1.807) is 6.20 Å². The molecule has 0 aromatic heterocycles. The molecule has 3 nitrogen and oxygen atoms in total. The minimum Gasteiger partial charge on any atom is -0.438 e. The number of alkyl carbamates (subject to hydrolysis) is 1. The second-order valence-electron chi connectivity index (χ2n) is 6.70. The highest BCUT2D eigenvalue weighted by atomic mass is 16.6. The first-order valence-corrected chi connectivity index (χ1v) is 8.92. The van der Waals surface area contributed by atoms with Crippen LogP contribution in [0.3, 0.4) is 0 Å². The number of carbonyl (C=O) groups excluding carboxylic acids is 1. The number of nitrogens with one attached hydrogen (secondary N) is 1. The van der Waals surface area contributed by atoms with Crippen molar-refractivity contribution in [2.24, 2.45) is 0 Å². The molecule has 3 rings (SSSR count). The third kappa shape index (κ3) is 4.85. The van der Waals surface area contributed by atoms with Gasteiger partial charge in [0.25, 0.3) is 0 Å². The average molecular weight is 357 g/mol. The summed E-state index contributed by atoms with van der Waals surface area (Å²) in [5.41, 5.74) is 3.33. The van der Waals surface area contributed by atoms with Crippen LogP contribution in [-0.2, 0) is 10.3 Å². The van der Waals surface area contributed by atoms with Crippen molar-refractivity contribution >= 4 is 12.2 Å². The van der Waals surface area contributed by atoms with Crippen LogP contribution in [0.2, 0.25) is 0 Å². The first-order valence-electron chi connectivity index (χ1n) is 8.92. The molecule has 0 atom stereocenters. The minimum atomic E-state index is -0.781. The van der Waals surface area contributed by atoms with E-state index in [0.717, 1.165) is 22.3 Å². The molecule has 0 aliphatic carbocycles. The van der Waals surface area contributed by atoms with Crippen molar-refractivity contribution in [2.45, 2.75) is 19.4 Å². The van der Waals surface area contributed by atoms with Crippen LogP contribution in [0, 0.1) is 0 Å². The molecular weight excluding hydrogens is 334 g/mol. The van der Waals surface area contributed by atoms with Crippen LogP contribution < -0.4 is 5.32 Å². The Morgan fingerprint density at radius 3 is 2.15 bits per heavy atom. The summed E-state index contributed by atoms with van der Waals surface area (Å²) in [6, 6.07) is 27.8. The summed E-state index contributed by atoms with van der Waals surface area (Å²) in [6.07, 6.45) is 2.93. The molecule has 0 aliphatic rings. The maximum atomic E-state index is 12.3. The molecule has 0 bridgehead atoms. The Balaban J connectivity index is 1.73. The van der Waals surface area contributed by atoms with Gasteiger partial charge in [0, 0.05) is 11.8 Å². The number of rotatable bonds is 5. The Bertz CT molecular complexity index is 915. The van der Waals surface area contributed by atoms with Crippen molar-refractivity contribution in [1.29, 1.82) is 0 Å². The lowest BCUT2D eigenvalue weighted by Crippen LogP contribution is -2.31. The summed E-state index contributed by atoms with van der Waals surface area (Å²) in [7, 11) is 0. The molecule has 0 aliphatic heterocycles. The predicted molar refractivity (Wildman–Crippen MR) is 110 cm³/mol. The van der Waals surface area contributed by atoms with Gasteiger partial charge in [0.1, 0.15) is 5.60 Å². The zero-order valence-electron chi connectivity index (χ0n) is 15.6. The zero-order chi connectivity index (χ0) is 19.1. The molecule has 0 fully saturated rings. The number of amides is 1. The third-order valence-electron chi connectivity index (χ3n) is 4.28. The van der Waals surface area contributed by atoms with E-state index in [0.29, 0.717) is 0 Å².